The molecule has 0 radical (unpaired) electrons. The fraction of sp³-hybridized carbons (Fsp3) is 0. The predicted octanol–water partition coefficient (Wildman–Crippen LogP) is 9.12. The zero-order valence-electron chi connectivity index (χ0n) is 18.2. The average Bonchev–Trinajstić information content (AvgIpc) is 3.33. The zero-order valence-corrected chi connectivity index (χ0v) is 19.8. The van der Waals surface area contributed by atoms with Crippen molar-refractivity contribution in [3.05, 3.63) is 114 Å². The van der Waals surface area contributed by atoms with Gasteiger partial charge in [0.05, 0.1) is 11.0 Å². The van der Waals surface area contributed by atoms with Crippen molar-refractivity contribution in [3.63, 3.8) is 0 Å². The summed E-state index contributed by atoms with van der Waals surface area (Å²) in [6.45, 7) is 0. The van der Waals surface area contributed by atoms with Crippen molar-refractivity contribution >= 4 is 59.3 Å². The number of benzene rings is 6. The molecule has 0 amide bonds. The molecule has 0 aliphatic rings. The van der Waals surface area contributed by atoms with Crippen molar-refractivity contribution < 1.29 is 0 Å². The first-order chi connectivity index (χ1) is 16.8. The van der Waals surface area contributed by atoms with E-state index in [1.807, 2.05) is 0 Å². The molecule has 0 atom stereocenters. The summed E-state index contributed by atoms with van der Waals surface area (Å²) in [6, 6.07) is 38.7. The first-order valence-electron chi connectivity index (χ1n) is 11.3. The number of imidazole rings is 1. The molecule has 6 aromatic carbocycles. The molecule has 7 aromatic rings. The van der Waals surface area contributed by atoms with E-state index in [-0.39, 0.29) is 0 Å². The van der Waals surface area contributed by atoms with Crippen LogP contribution in [0.5, 0.6) is 0 Å². The zero-order chi connectivity index (χ0) is 22.6. The summed E-state index contributed by atoms with van der Waals surface area (Å²) in [5.41, 5.74) is 5.52. The summed E-state index contributed by atoms with van der Waals surface area (Å²) >= 11 is 3.57. The molecule has 3 heteroatoms. The van der Waals surface area contributed by atoms with Crippen molar-refractivity contribution in [2.24, 2.45) is 0 Å². The largest absolute Gasteiger partial charge is 0.338 e. The molecule has 34 heavy (non-hydrogen) atoms. The number of fused-ring (bicyclic) bond motifs is 6. The molecule has 1 heterocycles. The van der Waals surface area contributed by atoms with Gasteiger partial charge in [0.15, 0.2) is 0 Å². The third-order valence-corrected chi connectivity index (χ3v) is 7.22. The molecule has 0 aliphatic heterocycles. The molecule has 0 aliphatic carbocycles. The summed E-state index contributed by atoms with van der Waals surface area (Å²) in [5.74, 6) is 0.894. The monoisotopic (exact) mass is 498 g/mol. The lowest BCUT2D eigenvalue weighted by molar-refractivity contribution is 1.35. The Morgan fingerprint density at radius 2 is 1.24 bits per heavy atom. The third-order valence-electron chi connectivity index (χ3n) is 6.70. The standard InChI is InChI=1S/C31H19BrN2/c32-22-13-9-21(10-14-22)25-15-11-20-6-2-4-8-24(20)29(25)31-33-28-18-17-26-23-7-3-1-5-19(23)12-16-27(26)30(28)34-31/h1-18H,(H,33,34). The van der Waals surface area contributed by atoms with E-state index >= 15 is 0 Å². The van der Waals surface area contributed by atoms with Crippen LogP contribution in [-0.4, -0.2) is 9.97 Å². The van der Waals surface area contributed by atoms with Gasteiger partial charge in [-0.1, -0.05) is 107 Å². The summed E-state index contributed by atoms with van der Waals surface area (Å²) < 4.78 is 1.07. The van der Waals surface area contributed by atoms with E-state index in [9.17, 15) is 0 Å². The Kier molecular flexibility index (Phi) is 4.33. The molecule has 160 valence electrons. The van der Waals surface area contributed by atoms with Gasteiger partial charge in [-0.2, -0.15) is 0 Å². The number of H-pyrrole nitrogens is 1. The van der Waals surface area contributed by atoms with Gasteiger partial charge in [0.25, 0.3) is 0 Å². The molecule has 1 aromatic heterocycles. The summed E-state index contributed by atoms with van der Waals surface area (Å²) in [6.07, 6.45) is 0. The van der Waals surface area contributed by atoms with Crippen molar-refractivity contribution in [2.45, 2.75) is 0 Å². The highest BCUT2D eigenvalue weighted by atomic mass is 79.9. The topological polar surface area (TPSA) is 28.7 Å². The maximum absolute atomic E-state index is 5.21. The summed E-state index contributed by atoms with van der Waals surface area (Å²) in [4.78, 5) is 8.85. The molecule has 0 bridgehead atoms. The van der Waals surface area contributed by atoms with Gasteiger partial charge in [-0.3, -0.25) is 0 Å². The third kappa shape index (κ3) is 2.98. The smallest absolute Gasteiger partial charge is 0.139 e. The average molecular weight is 499 g/mol. The Labute approximate surface area is 205 Å². The predicted molar refractivity (Wildman–Crippen MR) is 147 cm³/mol. The van der Waals surface area contributed by atoms with Crippen LogP contribution in [0.1, 0.15) is 0 Å². The van der Waals surface area contributed by atoms with Crippen LogP contribution in [0.25, 0.3) is 65.9 Å². The Balaban J connectivity index is 1.55. The molecule has 2 nitrogen and oxygen atoms in total. The van der Waals surface area contributed by atoms with Crippen LogP contribution in [0.2, 0.25) is 0 Å². The van der Waals surface area contributed by atoms with Crippen molar-refractivity contribution in [1.82, 2.24) is 9.97 Å². The van der Waals surface area contributed by atoms with E-state index in [1.54, 1.807) is 0 Å². The molecule has 0 fully saturated rings. The van der Waals surface area contributed by atoms with Gasteiger partial charge in [-0.15, -0.1) is 0 Å². The lowest BCUT2D eigenvalue weighted by atomic mass is 9.94. The van der Waals surface area contributed by atoms with Gasteiger partial charge in [0.2, 0.25) is 0 Å². The van der Waals surface area contributed by atoms with Gasteiger partial charge in [0.1, 0.15) is 5.82 Å². The Morgan fingerprint density at radius 3 is 2.06 bits per heavy atom. The Hall–Kier alpha value is -3.95. The number of nitrogens with one attached hydrogen (secondary N) is 1. The number of rotatable bonds is 2. The van der Waals surface area contributed by atoms with Gasteiger partial charge in [0, 0.05) is 15.4 Å². The van der Waals surface area contributed by atoms with Crippen LogP contribution in [0.3, 0.4) is 0 Å². The highest BCUT2D eigenvalue weighted by Crippen LogP contribution is 2.39. The molecular weight excluding hydrogens is 480 g/mol. The highest BCUT2D eigenvalue weighted by Gasteiger charge is 2.17. The second-order valence-corrected chi connectivity index (χ2v) is 9.56. The Morgan fingerprint density at radius 1 is 0.559 bits per heavy atom. The van der Waals surface area contributed by atoms with Crippen molar-refractivity contribution in [1.29, 1.82) is 0 Å². The SMILES string of the molecule is Brc1ccc(-c2ccc3ccccc3c2-c2nc3c(ccc4c5ccccc5ccc43)[nH]2)cc1. The molecule has 7 rings (SSSR count). The number of nitrogens with zero attached hydrogens (tertiary/aromatic N) is 1. The fourth-order valence-electron chi connectivity index (χ4n) is 5.08. The minimum Gasteiger partial charge on any atom is -0.338 e. The van der Waals surface area contributed by atoms with Crippen LogP contribution in [-0.2, 0) is 0 Å². The van der Waals surface area contributed by atoms with Crippen molar-refractivity contribution in [3.8, 4) is 22.5 Å². The van der Waals surface area contributed by atoms with Crippen LogP contribution >= 0.6 is 15.9 Å². The Bertz CT molecular complexity index is 1860. The van der Waals surface area contributed by atoms with Gasteiger partial charge < -0.3 is 4.98 Å². The lowest BCUT2D eigenvalue weighted by Gasteiger charge is -2.12. The molecule has 0 saturated carbocycles. The number of halogens is 1. The van der Waals surface area contributed by atoms with E-state index in [0.717, 1.165) is 26.9 Å². The highest BCUT2D eigenvalue weighted by molar-refractivity contribution is 9.10. The molecule has 0 unspecified atom stereocenters. The minimum absolute atomic E-state index is 0.894. The van der Waals surface area contributed by atoms with E-state index in [4.69, 9.17) is 4.98 Å². The molecule has 0 saturated heterocycles. The lowest BCUT2D eigenvalue weighted by Crippen LogP contribution is -1.90. The van der Waals surface area contributed by atoms with E-state index in [1.165, 1.54) is 43.4 Å². The summed E-state index contributed by atoms with van der Waals surface area (Å²) in [7, 11) is 0. The fourth-order valence-corrected chi connectivity index (χ4v) is 5.34. The summed E-state index contributed by atoms with van der Waals surface area (Å²) in [5, 5.41) is 7.30. The normalized spacial score (nSPS) is 11.7. The second kappa shape index (κ2) is 7.54. The van der Waals surface area contributed by atoms with E-state index in [2.05, 4.69) is 130 Å². The van der Waals surface area contributed by atoms with Crippen LogP contribution in [0.4, 0.5) is 0 Å². The first kappa shape index (κ1) is 19.5. The van der Waals surface area contributed by atoms with E-state index in [0.29, 0.717) is 0 Å². The molecular formula is C31H19BrN2. The van der Waals surface area contributed by atoms with Crippen molar-refractivity contribution in [2.75, 3.05) is 0 Å². The number of hydrogen-bond donors (Lipinski definition) is 1. The number of aromatic amines is 1. The molecule has 0 spiro atoms. The van der Waals surface area contributed by atoms with Gasteiger partial charge in [-0.05, 0) is 56.3 Å². The number of hydrogen-bond acceptors (Lipinski definition) is 1. The minimum atomic E-state index is 0.894. The van der Waals surface area contributed by atoms with Crippen LogP contribution in [0.15, 0.2) is 114 Å². The second-order valence-electron chi connectivity index (χ2n) is 8.65. The quantitative estimate of drug-likeness (QED) is 0.236. The van der Waals surface area contributed by atoms with Crippen LogP contribution < -0.4 is 0 Å². The van der Waals surface area contributed by atoms with Gasteiger partial charge >= 0.3 is 0 Å². The van der Waals surface area contributed by atoms with E-state index < -0.39 is 0 Å². The van der Waals surface area contributed by atoms with Crippen LogP contribution in [0, 0.1) is 0 Å². The first-order valence-corrected chi connectivity index (χ1v) is 12.1. The molecule has 1 N–H and O–H groups in total. The maximum atomic E-state index is 5.21. The van der Waals surface area contributed by atoms with Gasteiger partial charge in [-0.25, -0.2) is 4.98 Å². The number of aromatic nitrogens is 2. The maximum Gasteiger partial charge on any atom is 0.139 e.